The van der Waals surface area contributed by atoms with Crippen LogP contribution in [0, 0.1) is 0 Å². The molecule has 1 atom stereocenters. The van der Waals surface area contributed by atoms with Gasteiger partial charge in [-0.2, -0.15) is 0 Å². The summed E-state index contributed by atoms with van der Waals surface area (Å²) in [7, 11) is 0. The van der Waals surface area contributed by atoms with Crippen LogP contribution in [0.25, 0.3) is 0 Å². The zero-order valence-corrected chi connectivity index (χ0v) is 13.0. The van der Waals surface area contributed by atoms with Crippen molar-refractivity contribution in [3.05, 3.63) is 65.7 Å². The highest BCUT2D eigenvalue weighted by Gasteiger charge is 2.30. The molecule has 0 radical (unpaired) electrons. The SMILES string of the molecule is c1ccc(N[C@H]2CCCN(C3Cc4ccccc4C3)C2)cc1. The van der Waals surface area contributed by atoms with Crippen molar-refractivity contribution in [3.63, 3.8) is 0 Å². The van der Waals surface area contributed by atoms with Gasteiger partial charge in [-0.25, -0.2) is 0 Å². The highest BCUT2D eigenvalue weighted by molar-refractivity contribution is 5.43. The molecular formula is C20H24N2. The maximum Gasteiger partial charge on any atom is 0.0389 e. The standard InChI is InChI=1S/C20H24N2/c1-2-9-18(10-3-1)21-19-11-6-12-22(15-19)20-13-16-7-4-5-8-17(16)14-20/h1-5,7-10,19-21H,6,11-15H2/t19-/m0/s1. The number of anilines is 1. The zero-order valence-electron chi connectivity index (χ0n) is 13.0. The summed E-state index contributed by atoms with van der Waals surface area (Å²) in [5.41, 5.74) is 4.38. The van der Waals surface area contributed by atoms with E-state index in [1.54, 1.807) is 11.1 Å². The number of likely N-dealkylation sites (tertiary alicyclic amines) is 1. The molecule has 0 bridgehead atoms. The van der Waals surface area contributed by atoms with Crippen LogP contribution in [0.15, 0.2) is 54.6 Å². The number of fused-ring (bicyclic) bond motifs is 1. The van der Waals surface area contributed by atoms with Gasteiger partial charge < -0.3 is 5.32 Å². The van der Waals surface area contributed by atoms with Gasteiger partial charge in [-0.3, -0.25) is 4.90 Å². The highest BCUT2D eigenvalue weighted by atomic mass is 15.2. The normalized spacial score (nSPS) is 22.5. The Morgan fingerprint density at radius 3 is 2.27 bits per heavy atom. The monoisotopic (exact) mass is 292 g/mol. The minimum atomic E-state index is 0.583. The van der Waals surface area contributed by atoms with Crippen LogP contribution in [-0.4, -0.2) is 30.1 Å². The summed E-state index contributed by atoms with van der Waals surface area (Å²) in [6.45, 7) is 2.43. The summed E-state index contributed by atoms with van der Waals surface area (Å²) in [5.74, 6) is 0. The number of nitrogens with zero attached hydrogens (tertiary/aromatic N) is 1. The molecule has 1 heterocycles. The van der Waals surface area contributed by atoms with Crippen molar-refractivity contribution in [3.8, 4) is 0 Å². The average Bonchev–Trinajstić information content (AvgIpc) is 3.00. The van der Waals surface area contributed by atoms with E-state index < -0.39 is 0 Å². The fourth-order valence-corrected chi connectivity index (χ4v) is 4.02. The van der Waals surface area contributed by atoms with Crippen molar-refractivity contribution in [2.45, 2.75) is 37.8 Å². The molecule has 1 fully saturated rings. The molecule has 1 aliphatic carbocycles. The van der Waals surface area contributed by atoms with Gasteiger partial charge in [0.2, 0.25) is 0 Å². The first-order valence-electron chi connectivity index (χ1n) is 8.51. The third kappa shape index (κ3) is 2.89. The third-order valence-electron chi connectivity index (χ3n) is 5.14. The van der Waals surface area contributed by atoms with Crippen LogP contribution in [0.3, 0.4) is 0 Å². The van der Waals surface area contributed by atoms with Gasteiger partial charge in [0.1, 0.15) is 0 Å². The van der Waals surface area contributed by atoms with Gasteiger partial charge in [0, 0.05) is 24.3 Å². The van der Waals surface area contributed by atoms with Gasteiger partial charge in [-0.1, -0.05) is 42.5 Å². The summed E-state index contributed by atoms with van der Waals surface area (Å²) < 4.78 is 0. The Kier molecular flexibility index (Phi) is 3.86. The Morgan fingerprint density at radius 2 is 1.55 bits per heavy atom. The molecule has 4 rings (SSSR count). The minimum absolute atomic E-state index is 0.583. The van der Waals surface area contributed by atoms with Crippen molar-refractivity contribution in [2.24, 2.45) is 0 Å². The predicted molar refractivity (Wildman–Crippen MR) is 92.3 cm³/mol. The van der Waals surface area contributed by atoms with Crippen molar-refractivity contribution in [1.82, 2.24) is 4.90 Å². The molecule has 0 unspecified atom stereocenters. The van der Waals surface area contributed by atoms with E-state index >= 15 is 0 Å². The molecule has 0 spiro atoms. The van der Waals surface area contributed by atoms with Gasteiger partial charge in [0.05, 0.1) is 0 Å². The zero-order chi connectivity index (χ0) is 14.8. The van der Waals surface area contributed by atoms with E-state index in [-0.39, 0.29) is 0 Å². The maximum absolute atomic E-state index is 3.71. The van der Waals surface area contributed by atoms with Gasteiger partial charge in [0.15, 0.2) is 0 Å². The molecule has 2 heteroatoms. The van der Waals surface area contributed by atoms with Crippen LogP contribution in [0.5, 0.6) is 0 Å². The molecule has 2 aromatic rings. The number of hydrogen-bond donors (Lipinski definition) is 1. The molecular weight excluding hydrogens is 268 g/mol. The average molecular weight is 292 g/mol. The second kappa shape index (κ2) is 6.13. The van der Waals surface area contributed by atoms with E-state index in [9.17, 15) is 0 Å². The summed E-state index contributed by atoms with van der Waals surface area (Å²) in [5, 5.41) is 3.71. The van der Waals surface area contributed by atoms with E-state index in [4.69, 9.17) is 0 Å². The fraction of sp³-hybridized carbons (Fsp3) is 0.400. The number of para-hydroxylation sites is 1. The number of piperidine rings is 1. The maximum atomic E-state index is 3.71. The summed E-state index contributed by atoms with van der Waals surface area (Å²) >= 11 is 0. The second-order valence-electron chi connectivity index (χ2n) is 6.68. The summed E-state index contributed by atoms with van der Waals surface area (Å²) in [6, 6.07) is 20.9. The Bertz CT molecular complexity index is 598. The number of benzene rings is 2. The van der Waals surface area contributed by atoms with Gasteiger partial charge in [0.25, 0.3) is 0 Å². The van der Waals surface area contributed by atoms with Crippen LogP contribution < -0.4 is 5.32 Å². The molecule has 114 valence electrons. The van der Waals surface area contributed by atoms with Crippen molar-refractivity contribution < 1.29 is 0 Å². The molecule has 2 aliphatic rings. The van der Waals surface area contributed by atoms with Crippen LogP contribution in [0.4, 0.5) is 5.69 Å². The van der Waals surface area contributed by atoms with Gasteiger partial charge in [-0.15, -0.1) is 0 Å². The lowest BCUT2D eigenvalue weighted by Crippen LogP contribution is -2.47. The first-order valence-corrected chi connectivity index (χ1v) is 8.51. The third-order valence-corrected chi connectivity index (χ3v) is 5.14. The molecule has 0 amide bonds. The van der Waals surface area contributed by atoms with Crippen LogP contribution in [-0.2, 0) is 12.8 Å². The lowest BCUT2D eigenvalue weighted by Gasteiger charge is -2.37. The fourth-order valence-electron chi connectivity index (χ4n) is 4.02. The molecule has 1 aliphatic heterocycles. The summed E-state index contributed by atoms with van der Waals surface area (Å²) in [6.07, 6.45) is 5.05. The number of rotatable bonds is 3. The molecule has 0 saturated carbocycles. The van der Waals surface area contributed by atoms with E-state index in [0.29, 0.717) is 12.1 Å². The van der Waals surface area contributed by atoms with E-state index in [0.717, 1.165) is 0 Å². The lowest BCUT2D eigenvalue weighted by molar-refractivity contribution is 0.159. The predicted octanol–water partition coefficient (Wildman–Crippen LogP) is 3.73. The smallest absolute Gasteiger partial charge is 0.0389 e. The molecule has 2 aromatic carbocycles. The van der Waals surface area contributed by atoms with Gasteiger partial charge >= 0.3 is 0 Å². The van der Waals surface area contributed by atoms with Crippen molar-refractivity contribution >= 4 is 5.69 Å². The summed E-state index contributed by atoms with van der Waals surface area (Å²) in [4.78, 5) is 2.71. The molecule has 22 heavy (non-hydrogen) atoms. The van der Waals surface area contributed by atoms with Crippen LogP contribution in [0.2, 0.25) is 0 Å². The molecule has 0 aromatic heterocycles. The van der Waals surface area contributed by atoms with Crippen molar-refractivity contribution in [1.29, 1.82) is 0 Å². The van der Waals surface area contributed by atoms with E-state index in [1.807, 2.05) is 0 Å². The lowest BCUT2D eigenvalue weighted by atomic mass is 10.0. The number of nitrogens with one attached hydrogen (secondary N) is 1. The highest BCUT2D eigenvalue weighted by Crippen LogP contribution is 2.28. The molecule has 1 saturated heterocycles. The molecule has 2 nitrogen and oxygen atoms in total. The van der Waals surface area contributed by atoms with E-state index in [1.165, 1.54) is 44.5 Å². The number of hydrogen-bond acceptors (Lipinski definition) is 2. The first kappa shape index (κ1) is 13.8. The van der Waals surface area contributed by atoms with E-state index in [2.05, 4.69) is 64.8 Å². The Hall–Kier alpha value is -1.80. The van der Waals surface area contributed by atoms with Gasteiger partial charge in [-0.05, 0) is 55.5 Å². The van der Waals surface area contributed by atoms with Crippen molar-refractivity contribution in [2.75, 3.05) is 18.4 Å². The Balaban J connectivity index is 1.40. The topological polar surface area (TPSA) is 15.3 Å². The Morgan fingerprint density at radius 1 is 0.864 bits per heavy atom. The largest absolute Gasteiger partial charge is 0.381 e. The quantitative estimate of drug-likeness (QED) is 0.927. The van der Waals surface area contributed by atoms with Crippen LogP contribution in [0.1, 0.15) is 24.0 Å². The van der Waals surface area contributed by atoms with Crippen LogP contribution >= 0.6 is 0 Å². The second-order valence-corrected chi connectivity index (χ2v) is 6.68. The first-order chi connectivity index (χ1) is 10.9. The Labute approximate surface area is 133 Å². The molecule has 1 N–H and O–H groups in total. The minimum Gasteiger partial charge on any atom is -0.381 e.